The molecule has 5 nitrogen and oxygen atoms in total. The van der Waals surface area contributed by atoms with E-state index >= 15 is 0 Å². The van der Waals surface area contributed by atoms with E-state index in [-0.39, 0.29) is 12.5 Å². The molecule has 26 heavy (non-hydrogen) atoms. The second-order valence-corrected chi connectivity index (χ2v) is 7.57. The molecule has 1 saturated heterocycles. The maximum atomic E-state index is 14.3. The molecule has 2 heterocycles. The SMILES string of the molecule is CCOC(=O)C(C)(CC(C)C)n1cc(CCN2CC(F)C2)cc(F)c1=O. The quantitative estimate of drug-likeness (QED) is 0.660. The van der Waals surface area contributed by atoms with Gasteiger partial charge >= 0.3 is 5.97 Å². The molecular weight excluding hydrogens is 342 g/mol. The first kappa shape index (κ1) is 20.6. The van der Waals surface area contributed by atoms with E-state index in [0.29, 0.717) is 38.0 Å². The average molecular weight is 370 g/mol. The molecular formula is C19H28F2N2O3. The summed E-state index contributed by atoms with van der Waals surface area (Å²) < 4.78 is 33.5. The Labute approximate surface area is 152 Å². The summed E-state index contributed by atoms with van der Waals surface area (Å²) in [7, 11) is 0. The standard InChI is InChI=1S/C19H28F2N2O3/c1-5-26-18(25)19(4,9-13(2)3)23-10-14(8-16(21)17(23)24)6-7-22-11-15(20)12-22/h8,10,13,15H,5-7,9,11-12H2,1-4H3. The average Bonchev–Trinajstić information content (AvgIpc) is 2.52. The Balaban J connectivity index is 2.33. The number of pyridine rings is 1. The van der Waals surface area contributed by atoms with Gasteiger partial charge in [0.25, 0.3) is 5.56 Å². The van der Waals surface area contributed by atoms with Gasteiger partial charge in [0, 0.05) is 25.8 Å². The van der Waals surface area contributed by atoms with Crippen LogP contribution in [0.1, 0.15) is 39.7 Å². The molecule has 2 rings (SSSR count). The number of carbonyl (C=O) groups is 1. The molecule has 0 radical (unpaired) electrons. The van der Waals surface area contributed by atoms with Gasteiger partial charge in [-0.2, -0.15) is 0 Å². The molecule has 7 heteroatoms. The van der Waals surface area contributed by atoms with Crippen LogP contribution in [0.3, 0.4) is 0 Å². The van der Waals surface area contributed by atoms with Crippen molar-refractivity contribution in [3.63, 3.8) is 0 Å². The van der Waals surface area contributed by atoms with Crippen molar-refractivity contribution in [1.29, 1.82) is 0 Å². The van der Waals surface area contributed by atoms with E-state index in [1.165, 1.54) is 16.8 Å². The number of hydrogen-bond donors (Lipinski definition) is 0. The number of likely N-dealkylation sites (tertiary alicyclic amines) is 1. The molecule has 0 saturated carbocycles. The third-order valence-corrected chi connectivity index (χ3v) is 4.71. The minimum absolute atomic E-state index is 0.102. The smallest absolute Gasteiger partial charge is 0.332 e. The molecule has 1 aromatic heterocycles. The van der Waals surface area contributed by atoms with Crippen LogP contribution in [0.5, 0.6) is 0 Å². The maximum Gasteiger partial charge on any atom is 0.332 e. The van der Waals surface area contributed by atoms with E-state index < -0.39 is 29.1 Å². The zero-order valence-corrected chi connectivity index (χ0v) is 15.9. The first-order valence-corrected chi connectivity index (χ1v) is 9.12. The molecule has 1 atom stereocenters. The summed E-state index contributed by atoms with van der Waals surface area (Å²) >= 11 is 0. The van der Waals surface area contributed by atoms with E-state index in [1.54, 1.807) is 13.8 Å². The fourth-order valence-corrected chi connectivity index (χ4v) is 3.44. The number of halogens is 2. The molecule has 1 aromatic rings. The van der Waals surface area contributed by atoms with Gasteiger partial charge in [0.1, 0.15) is 11.7 Å². The third-order valence-electron chi connectivity index (χ3n) is 4.71. The van der Waals surface area contributed by atoms with E-state index in [0.717, 1.165) is 0 Å². The summed E-state index contributed by atoms with van der Waals surface area (Å²) in [5.41, 5.74) is -1.51. The van der Waals surface area contributed by atoms with Crippen molar-refractivity contribution in [3.8, 4) is 0 Å². The maximum absolute atomic E-state index is 14.3. The number of ether oxygens (including phenoxy) is 1. The second kappa shape index (κ2) is 8.29. The van der Waals surface area contributed by atoms with Crippen LogP contribution in [0.4, 0.5) is 8.78 Å². The Kier molecular flexibility index (Phi) is 6.55. The van der Waals surface area contributed by atoms with Crippen molar-refractivity contribution in [1.82, 2.24) is 9.47 Å². The van der Waals surface area contributed by atoms with Gasteiger partial charge in [-0.3, -0.25) is 14.3 Å². The lowest BCUT2D eigenvalue weighted by molar-refractivity contribution is -0.154. The van der Waals surface area contributed by atoms with Crippen molar-refractivity contribution >= 4 is 5.97 Å². The van der Waals surface area contributed by atoms with Gasteiger partial charge < -0.3 is 4.74 Å². The summed E-state index contributed by atoms with van der Waals surface area (Å²) in [4.78, 5) is 26.9. The molecule has 1 aliphatic rings. The molecule has 0 bridgehead atoms. The summed E-state index contributed by atoms with van der Waals surface area (Å²) in [6, 6.07) is 1.20. The number of carbonyl (C=O) groups excluding carboxylic acids is 1. The number of aromatic nitrogens is 1. The molecule has 0 spiro atoms. The number of rotatable bonds is 8. The van der Waals surface area contributed by atoms with Crippen LogP contribution < -0.4 is 5.56 Å². The highest BCUT2D eigenvalue weighted by Gasteiger charge is 2.39. The van der Waals surface area contributed by atoms with Crippen LogP contribution in [-0.2, 0) is 21.5 Å². The van der Waals surface area contributed by atoms with Gasteiger partial charge in [0.2, 0.25) is 0 Å². The molecule has 1 fully saturated rings. The molecule has 0 amide bonds. The number of esters is 1. The largest absolute Gasteiger partial charge is 0.464 e. The Morgan fingerprint density at radius 2 is 2.08 bits per heavy atom. The van der Waals surface area contributed by atoms with Crippen molar-refractivity contribution in [3.05, 3.63) is 34.0 Å². The number of hydrogen-bond acceptors (Lipinski definition) is 4. The van der Waals surface area contributed by atoms with Gasteiger partial charge in [0.05, 0.1) is 6.61 Å². The highest BCUT2D eigenvalue weighted by Crippen LogP contribution is 2.26. The van der Waals surface area contributed by atoms with Gasteiger partial charge in [-0.05, 0) is 44.2 Å². The highest BCUT2D eigenvalue weighted by atomic mass is 19.1. The third kappa shape index (κ3) is 4.50. The van der Waals surface area contributed by atoms with Crippen LogP contribution in [0.2, 0.25) is 0 Å². The van der Waals surface area contributed by atoms with E-state index in [2.05, 4.69) is 0 Å². The Bertz CT molecular complexity index is 699. The Morgan fingerprint density at radius 3 is 2.62 bits per heavy atom. The fraction of sp³-hybridized carbons (Fsp3) is 0.684. The number of nitrogens with zero attached hydrogens (tertiary/aromatic N) is 2. The lowest BCUT2D eigenvalue weighted by Crippen LogP contribution is -2.49. The fourth-order valence-electron chi connectivity index (χ4n) is 3.44. The van der Waals surface area contributed by atoms with Crippen molar-refractivity contribution in [2.45, 2.75) is 52.2 Å². The van der Waals surface area contributed by atoms with Gasteiger partial charge in [-0.15, -0.1) is 0 Å². The monoisotopic (exact) mass is 370 g/mol. The predicted molar refractivity (Wildman–Crippen MR) is 95.4 cm³/mol. The number of alkyl halides is 1. The van der Waals surface area contributed by atoms with Gasteiger partial charge in [-0.1, -0.05) is 13.8 Å². The van der Waals surface area contributed by atoms with Crippen LogP contribution >= 0.6 is 0 Å². The van der Waals surface area contributed by atoms with Crippen molar-refractivity contribution in [2.24, 2.45) is 5.92 Å². The van der Waals surface area contributed by atoms with E-state index in [1.807, 2.05) is 18.7 Å². The summed E-state index contributed by atoms with van der Waals surface area (Å²) in [6.07, 6.45) is 1.57. The molecule has 1 unspecified atom stereocenters. The lowest BCUT2D eigenvalue weighted by atomic mass is 9.90. The van der Waals surface area contributed by atoms with Crippen LogP contribution in [-0.4, -0.2) is 47.8 Å². The van der Waals surface area contributed by atoms with E-state index in [4.69, 9.17) is 4.74 Å². The minimum Gasteiger partial charge on any atom is -0.464 e. The zero-order valence-electron chi connectivity index (χ0n) is 15.9. The first-order valence-electron chi connectivity index (χ1n) is 9.12. The van der Waals surface area contributed by atoms with Gasteiger partial charge in [-0.25, -0.2) is 13.6 Å². The van der Waals surface area contributed by atoms with Gasteiger partial charge in [0.15, 0.2) is 5.82 Å². The topological polar surface area (TPSA) is 51.5 Å². The highest BCUT2D eigenvalue weighted by molar-refractivity contribution is 5.78. The Hall–Kier alpha value is -1.76. The zero-order chi connectivity index (χ0) is 19.5. The lowest BCUT2D eigenvalue weighted by Gasteiger charge is -2.34. The molecule has 1 aliphatic heterocycles. The van der Waals surface area contributed by atoms with Crippen LogP contribution in [0.25, 0.3) is 0 Å². The van der Waals surface area contributed by atoms with Crippen molar-refractivity contribution in [2.75, 3.05) is 26.2 Å². The van der Waals surface area contributed by atoms with Crippen molar-refractivity contribution < 1.29 is 18.3 Å². The minimum atomic E-state index is -1.28. The first-order chi connectivity index (χ1) is 12.2. The second-order valence-electron chi connectivity index (χ2n) is 7.57. The normalized spacial score (nSPS) is 17.8. The molecule has 146 valence electrons. The van der Waals surface area contributed by atoms with Crippen LogP contribution in [0.15, 0.2) is 17.1 Å². The summed E-state index contributed by atoms with van der Waals surface area (Å²) in [6.45, 7) is 8.70. The molecule has 0 N–H and O–H groups in total. The summed E-state index contributed by atoms with van der Waals surface area (Å²) in [5, 5.41) is 0. The Morgan fingerprint density at radius 1 is 1.42 bits per heavy atom. The summed E-state index contributed by atoms with van der Waals surface area (Å²) in [5.74, 6) is -1.34. The van der Waals surface area contributed by atoms with E-state index in [9.17, 15) is 18.4 Å². The molecule has 0 aromatic carbocycles. The molecule has 0 aliphatic carbocycles. The van der Waals surface area contributed by atoms with Crippen LogP contribution in [0, 0.1) is 11.7 Å². The predicted octanol–water partition coefficient (Wildman–Crippen LogP) is 2.51.